The number of fused-ring (bicyclic) bond motifs is 1. The third-order valence-electron chi connectivity index (χ3n) is 6.48. The number of rotatable bonds is 6. The van der Waals surface area contributed by atoms with Gasteiger partial charge in [-0.3, -0.25) is 9.89 Å². The highest BCUT2D eigenvalue weighted by atomic mass is 19.4. The Kier molecular flexibility index (Phi) is 7.20. The van der Waals surface area contributed by atoms with Gasteiger partial charge in [-0.05, 0) is 43.5 Å². The maximum absolute atomic E-state index is 15.2. The maximum Gasteiger partial charge on any atom is 0.401 e. The molecule has 0 spiro atoms. The number of hydrogen-bond acceptors (Lipinski definition) is 7. The number of piperazine rings is 1. The molecule has 11 heteroatoms. The summed E-state index contributed by atoms with van der Waals surface area (Å²) >= 11 is 0. The zero-order valence-electron chi connectivity index (χ0n) is 21.1. The molecule has 1 aliphatic carbocycles. The van der Waals surface area contributed by atoms with Crippen molar-refractivity contribution in [3.05, 3.63) is 64.5 Å². The second-order valence-electron chi connectivity index (χ2n) is 9.54. The Bertz CT molecular complexity index is 1340. The van der Waals surface area contributed by atoms with Gasteiger partial charge in [0.05, 0.1) is 13.1 Å². The number of benzene rings is 1. The quantitative estimate of drug-likeness (QED) is 0.508. The number of halogens is 4. The fourth-order valence-corrected chi connectivity index (χ4v) is 4.74. The van der Waals surface area contributed by atoms with Gasteiger partial charge in [-0.1, -0.05) is 29.9 Å². The van der Waals surface area contributed by atoms with Gasteiger partial charge in [0, 0.05) is 37.8 Å². The molecule has 0 saturated carbocycles. The zero-order valence-corrected chi connectivity index (χ0v) is 21.1. The number of aromatic nitrogens is 2. The van der Waals surface area contributed by atoms with Crippen molar-refractivity contribution in [1.29, 1.82) is 0 Å². The first-order valence-electron chi connectivity index (χ1n) is 12.4. The van der Waals surface area contributed by atoms with E-state index in [-0.39, 0.29) is 24.8 Å². The summed E-state index contributed by atoms with van der Waals surface area (Å²) < 4.78 is 59.5. The van der Waals surface area contributed by atoms with Crippen LogP contribution in [0.4, 0.5) is 29.2 Å². The Morgan fingerprint density at radius 1 is 1.11 bits per heavy atom. The molecular weight excluding hydrogens is 500 g/mol. The van der Waals surface area contributed by atoms with Gasteiger partial charge in [-0.15, -0.1) is 0 Å². The molecule has 0 amide bonds. The van der Waals surface area contributed by atoms with E-state index in [4.69, 9.17) is 4.74 Å². The smallest absolute Gasteiger partial charge is 0.401 e. The third kappa shape index (κ3) is 6.04. The number of nitrogens with one attached hydrogen (secondary N) is 1. The minimum Gasteiger partial charge on any atom is -0.421 e. The molecule has 0 atom stereocenters. The summed E-state index contributed by atoms with van der Waals surface area (Å²) in [5, 5.41) is 3.16. The Hall–Kier alpha value is -3.73. The van der Waals surface area contributed by atoms with Crippen molar-refractivity contribution in [2.75, 3.05) is 49.5 Å². The molecule has 1 saturated heterocycles. The van der Waals surface area contributed by atoms with Crippen LogP contribution < -0.4 is 15.0 Å². The van der Waals surface area contributed by atoms with E-state index in [1.165, 1.54) is 4.90 Å². The van der Waals surface area contributed by atoms with Gasteiger partial charge < -0.3 is 15.0 Å². The lowest BCUT2D eigenvalue weighted by molar-refractivity contribution is -0.146. The van der Waals surface area contributed by atoms with Crippen LogP contribution in [-0.2, 0) is 6.42 Å². The van der Waals surface area contributed by atoms with Crippen molar-refractivity contribution < 1.29 is 22.3 Å². The summed E-state index contributed by atoms with van der Waals surface area (Å²) in [6.45, 7) is 4.61. The lowest BCUT2D eigenvalue weighted by atomic mass is 10.1. The number of ether oxygens (including phenoxy) is 1. The first kappa shape index (κ1) is 25.9. The monoisotopic (exact) mass is 528 g/mol. The van der Waals surface area contributed by atoms with E-state index >= 15 is 4.39 Å². The minimum atomic E-state index is -4.25. The summed E-state index contributed by atoms with van der Waals surface area (Å²) in [6.07, 6.45) is 4.04. The number of hydrogen-bond donors (Lipinski definition) is 1. The van der Waals surface area contributed by atoms with Gasteiger partial charge in [0.2, 0.25) is 0 Å². The van der Waals surface area contributed by atoms with Crippen LogP contribution in [0.5, 0.6) is 11.8 Å². The average molecular weight is 529 g/mol. The molecule has 1 aromatic heterocycles. The largest absolute Gasteiger partial charge is 0.421 e. The number of amidine groups is 1. The molecule has 0 bridgehead atoms. The second kappa shape index (κ2) is 10.6. The molecule has 2 aliphatic heterocycles. The lowest BCUT2D eigenvalue weighted by Gasteiger charge is -2.35. The lowest BCUT2D eigenvalue weighted by Crippen LogP contribution is -2.49. The molecule has 7 nitrogen and oxygen atoms in total. The molecule has 1 aromatic carbocycles. The predicted molar refractivity (Wildman–Crippen MR) is 139 cm³/mol. The van der Waals surface area contributed by atoms with E-state index in [0.717, 1.165) is 16.7 Å². The maximum atomic E-state index is 15.2. The van der Waals surface area contributed by atoms with Crippen LogP contribution in [0.3, 0.4) is 0 Å². The molecule has 5 rings (SSSR count). The second-order valence-corrected chi connectivity index (χ2v) is 9.54. The summed E-state index contributed by atoms with van der Waals surface area (Å²) in [7, 11) is 0. The molecule has 200 valence electrons. The normalized spacial score (nSPS) is 17.9. The summed E-state index contributed by atoms with van der Waals surface area (Å²) in [6, 6.07) is 5.01. The van der Waals surface area contributed by atoms with Crippen molar-refractivity contribution in [3.63, 3.8) is 0 Å². The van der Waals surface area contributed by atoms with Crippen LogP contribution in [0, 0.1) is 5.82 Å². The van der Waals surface area contributed by atoms with E-state index in [1.54, 1.807) is 18.2 Å². The predicted octanol–water partition coefficient (Wildman–Crippen LogP) is 5.38. The Balaban J connectivity index is 1.40. The van der Waals surface area contributed by atoms with Crippen LogP contribution in [0.15, 0.2) is 52.6 Å². The van der Waals surface area contributed by atoms with Gasteiger partial charge in [0.15, 0.2) is 11.6 Å². The van der Waals surface area contributed by atoms with E-state index < -0.39 is 18.5 Å². The molecule has 38 heavy (non-hydrogen) atoms. The molecule has 0 radical (unpaired) electrons. The topological polar surface area (TPSA) is 65.9 Å². The van der Waals surface area contributed by atoms with Crippen LogP contribution in [0.1, 0.15) is 25.0 Å². The van der Waals surface area contributed by atoms with Crippen LogP contribution in [0.2, 0.25) is 0 Å². The first-order valence-corrected chi connectivity index (χ1v) is 12.4. The first-order chi connectivity index (χ1) is 18.2. The highest BCUT2D eigenvalue weighted by Crippen LogP contribution is 2.34. The Morgan fingerprint density at radius 3 is 2.63 bits per heavy atom. The van der Waals surface area contributed by atoms with Gasteiger partial charge in [0.1, 0.15) is 17.5 Å². The SMILES string of the molecule is C/C=C/C1=CC(Nc2cc(N3CCN(CC(F)(F)F)CC3)nc(Oc3ccc4c(c3F)C=C(C)C4)n2)=NC1. The van der Waals surface area contributed by atoms with Crippen molar-refractivity contribution in [3.8, 4) is 11.8 Å². The van der Waals surface area contributed by atoms with E-state index in [1.807, 2.05) is 43.0 Å². The van der Waals surface area contributed by atoms with Gasteiger partial charge in [-0.2, -0.15) is 23.1 Å². The van der Waals surface area contributed by atoms with Crippen LogP contribution in [-0.4, -0.2) is 66.1 Å². The molecule has 3 aliphatic rings. The van der Waals surface area contributed by atoms with Crippen molar-refractivity contribution in [2.24, 2.45) is 4.99 Å². The fourth-order valence-electron chi connectivity index (χ4n) is 4.74. The number of nitrogens with zero attached hydrogens (tertiary/aromatic N) is 5. The van der Waals surface area contributed by atoms with Gasteiger partial charge in [-0.25, -0.2) is 4.39 Å². The highest BCUT2D eigenvalue weighted by Gasteiger charge is 2.32. The zero-order chi connectivity index (χ0) is 26.9. The van der Waals surface area contributed by atoms with Crippen molar-refractivity contribution in [1.82, 2.24) is 14.9 Å². The standard InChI is InChI=1S/C27H28F4N6O/c1-3-4-18-13-22(32-15-18)33-23-14-24(37-9-7-36(8-10-37)16-27(29,30)31)35-26(34-23)38-21-6-5-19-11-17(2)12-20(19)25(21)28/h3-6,12-14H,7-11,15-16H2,1-2H3,(H,32,33,34,35)/b4-3+. The molecule has 1 N–H and O–H groups in total. The van der Waals surface area contributed by atoms with Crippen molar-refractivity contribution in [2.45, 2.75) is 26.4 Å². The Labute approximate surface area is 218 Å². The highest BCUT2D eigenvalue weighted by molar-refractivity contribution is 6.05. The summed E-state index contributed by atoms with van der Waals surface area (Å²) in [4.78, 5) is 16.6. The summed E-state index contributed by atoms with van der Waals surface area (Å²) in [5.74, 6) is 0.978. The third-order valence-corrected chi connectivity index (χ3v) is 6.48. The molecule has 2 aromatic rings. The minimum absolute atomic E-state index is 0.00117. The molecule has 3 heterocycles. The van der Waals surface area contributed by atoms with Gasteiger partial charge >= 0.3 is 12.2 Å². The molecular formula is C27H28F4N6O. The number of anilines is 2. The number of alkyl halides is 3. The fraction of sp³-hybridized carbons (Fsp3) is 0.370. The molecule has 1 fully saturated rings. The number of allylic oxidation sites excluding steroid dienone is 2. The van der Waals surface area contributed by atoms with Crippen LogP contribution >= 0.6 is 0 Å². The molecule has 0 unspecified atom stereocenters. The number of aliphatic imine (C=N–C) groups is 1. The average Bonchev–Trinajstić information content (AvgIpc) is 3.46. The van der Waals surface area contributed by atoms with E-state index in [0.29, 0.717) is 49.1 Å². The van der Waals surface area contributed by atoms with Crippen LogP contribution in [0.25, 0.3) is 6.08 Å². The van der Waals surface area contributed by atoms with E-state index in [9.17, 15) is 13.2 Å². The van der Waals surface area contributed by atoms with Gasteiger partial charge in [0.25, 0.3) is 0 Å². The summed E-state index contributed by atoms with van der Waals surface area (Å²) in [5.41, 5.74) is 3.49. The van der Waals surface area contributed by atoms with E-state index in [2.05, 4.69) is 20.3 Å². The van der Waals surface area contributed by atoms with Crippen molar-refractivity contribution >= 4 is 23.5 Å². The Morgan fingerprint density at radius 2 is 1.89 bits per heavy atom.